The number of hydrogen-bond acceptors (Lipinski definition) is 2. The molecule has 10 aromatic carbocycles. The molecule has 0 bridgehead atoms. The standard InChI is InChI=1S/C89H100N2/c1-12-19-21-25-35-74-64-87(77-46-60-85(67(15-4)62-77)73-43-55-82(56-44-73)91(83-57-47-78(48-58-83)89(11,17-6)18-7)81-51-39-71(40-52-81)69-33-29-24-30-34-69)75(36-26-22-20-13-2)63-86(74)76-45-59-84(66(14-3)61-76)72-41-53-80(54-42-72)90(65(8)88(9,10)16-5)79-49-37-70(38-50-79)68-31-27-23-28-32-68/h16,23-24,27-34,37-65H,5,12-15,17-22,25-26,35-36H2,1-4,6-11H3/t65-/m1/s1. The molecule has 0 aliphatic carbocycles. The minimum atomic E-state index is -0.134. The molecule has 0 unspecified atom stereocenters. The highest BCUT2D eigenvalue weighted by Crippen LogP contribution is 2.44. The van der Waals surface area contributed by atoms with Crippen molar-refractivity contribution in [3.05, 3.63) is 271 Å². The summed E-state index contributed by atoms with van der Waals surface area (Å²) in [6, 6.07) is 87.6. The summed E-state index contributed by atoms with van der Waals surface area (Å²) in [5.41, 5.74) is 28.4. The highest BCUT2D eigenvalue weighted by atomic mass is 15.2. The third-order valence-corrected chi connectivity index (χ3v) is 20.3. The van der Waals surface area contributed by atoms with Crippen LogP contribution in [-0.4, -0.2) is 6.04 Å². The van der Waals surface area contributed by atoms with E-state index >= 15 is 0 Å². The summed E-state index contributed by atoms with van der Waals surface area (Å²) in [6.45, 7) is 27.5. The maximum absolute atomic E-state index is 4.27. The molecule has 2 heteroatoms. The molecule has 0 saturated heterocycles. The Hall–Kier alpha value is -8.46. The minimum absolute atomic E-state index is 0.134. The van der Waals surface area contributed by atoms with E-state index in [9.17, 15) is 0 Å². The quantitative estimate of drug-likeness (QED) is 0.0341. The summed E-state index contributed by atoms with van der Waals surface area (Å²) in [7, 11) is 0. The van der Waals surface area contributed by atoms with E-state index in [0.717, 1.165) is 55.6 Å². The molecule has 0 N–H and O–H groups in total. The van der Waals surface area contributed by atoms with Crippen LogP contribution in [0, 0.1) is 5.41 Å². The average molecular weight is 1200 g/mol. The molecule has 10 aromatic rings. The molecule has 466 valence electrons. The molecule has 0 spiro atoms. The van der Waals surface area contributed by atoms with E-state index in [-0.39, 0.29) is 16.9 Å². The Labute approximate surface area is 548 Å². The van der Waals surface area contributed by atoms with E-state index in [1.165, 1.54) is 157 Å². The van der Waals surface area contributed by atoms with Crippen LogP contribution in [0.15, 0.2) is 243 Å². The normalized spacial score (nSPS) is 12.0. The van der Waals surface area contributed by atoms with Crippen molar-refractivity contribution >= 4 is 28.4 Å². The van der Waals surface area contributed by atoms with Crippen LogP contribution in [0.3, 0.4) is 0 Å². The van der Waals surface area contributed by atoms with Crippen LogP contribution in [0.1, 0.15) is 161 Å². The van der Waals surface area contributed by atoms with E-state index in [1.807, 2.05) is 0 Å². The molecular formula is C89H100N2. The lowest BCUT2D eigenvalue weighted by Gasteiger charge is -2.40. The van der Waals surface area contributed by atoms with Crippen molar-refractivity contribution < 1.29 is 0 Å². The second-order valence-electron chi connectivity index (χ2n) is 26.4. The highest BCUT2D eigenvalue weighted by molar-refractivity contribution is 5.84. The Morgan fingerprint density at radius 1 is 0.352 bits per heavy atom. The number of unbranched alkanes of at least 4 members (excludes halogenated alkanes) is 6. The smallest absolute Gasteiger partial charge is 0.0462 e. The van der Waals surface area contributed by atoms with Gasteiger partial charge < -0.3 is 9.80 Å². The lowest BCUT2D eigenvalue weighted by atomic mass is 9.78. The molecule has 0 saturated carbocycles. The number of hydrogen-bond donors (Lipinski definition) is 0. The molecule has 0 aliphatic heterocycles. The van der Waals surface area contributed by atoms with Crippen LogP contribution in [0.2, 0.25) is 0 Å². The first kappa shape index (κ1) is 65.5. The summed E-state index contributed by atoms with van der Waals surface area (Å²) >= 11 is 0. The van der Waals surface area contributed by atoms with Gasteiger partial charge in [-0.25, -0.2) is 0 Å². The summed E-state index contributed by atoms with van der Waals surface area (Å²) in [5.74, 6) is 0. The van der Waals surface area contributed by atoms with Gasteiger partial charge in [-0.1, -0.05) is 277 Å². The fraction of sp³-hybridized carbons (Fsp3) is 0.303. The molecule has 0 aromatic heterocycles. The van der Waals surface area contributed by atoms with E-state index in [4.69, 9.17) is 0 Å². The number of aryl methyl sites for hydroxylation is 4. The van der Waals surface area contributed by atoms with Gasteiger partial charge in [0.1, 0.15) is 0 Å². The van der Waals surface area contributed by atoms with Crippen LogP contribution in [-0.2, 0) is 31.1 Å². The number of rotatable bonds is 29. The van der Waals surface area contributed by atoms with Gasteiger partial charge in [-0.15, -0.1) is 6.58 Å². The highest BCUT2D eigenvalue weighted by Gasteiger charge is 2.30. The summed E-state index contributed by atoms with van der Waals surface area (Å²) < 4.78 is 0. The Kier molecular flexibility index (Phi) is 22.0. The SMILES string of the molecule is C=CC(C)(C)[C@@H](C)N(c1ccc(-c2ccccc2)cc1)c1ccc(-c2ccc(-c3cc(CCCCCC)c(-c4ccc(-c5ccc(N(c6ccc(-c7ccccc7)cc6)c6ccc(C(C)(CC)CC)cc6)cc5)c(CC)c4)cc3CCCCCC)cc2CC)cc1. The zero-order chi connectivity index (χ0) is 63.9. The zero-order valence-corrected chi connectivity index (χ0v) is 56.6. The third kappa shape index (κ3) is 15.1. The molecular weight excluding hydrogens is 1100 g/mol. The van der Waals surface area contributed by atoms with Crippen molar-refractivity contribution in [3.8, 4) is 66.8 Å². The maximum Gasteiger partial charge on any atom is 0.0462 e. The maximum atomic E-state index is 4.27. The zero-order valence-electron chi connectivity index (χ0n) is 56.6. The Bertz CT molecular complexity index is 3920. The van der Waals surface area contributed by atoms with Crippen LogP contribution in [0.25, 0.3) is 66.8 Å². The van der Waals surface area contributed by atoms with Gasteiger partial charge >= 0.3 is 0 Å². The first-order valence-electron chi connectivity index (χ1n) is 34.6. The van der Waals surface area contributed by atoms with Gasteiger partial charge in [0.15, 0.2) is 0 Å². The molecule has 1 atom stereocenters. The van der Waals surface area contributed by atoms with Crippen molar-refractivity contribution in [2.24, 2.45) is 5.41 Å². The van der Waals surface area contributed by atoms with Gasteiger partial charge in [0.2, 0.25) is 0 Å². The van der Waals surface area contributed by atoms with Crippen molar-refractivity contribution in [1.29, 1.82) is 0 Å². The second kappa shape index (κ2) is 30.6. The van der Waals surface area contributed by atoms with E-state index < -0.39 is 0 Å². The fourth-order valence-electron chi connectivity index (χ4n) is 13.5. The largest absolute Gasteiger partial charge is 0.338 e. The number of anilines is 5. The summed E-state index contributed by atoms with van der Waals surface area (Å²) in [6.07, 6.45) is 18.2. The van der Waals surface area contributed by atoms with Crippen molar-refractivity contribution in [1.82, 2.24) is 0 Å². The van der Waals surface area contributed by atoms with Gasteiger partial charge in [-0.3, -0.25) is 0 Å². The molecule has 10 rings (SSSR count). The molecule has 91 heavy (non-hydrogen) atoms. The van der Waals surface area contributed by atoms with Crippen molar-refractivity contribution in [2.75, 3.05) is 9.80 Å². The minimum Gasteiger partial charge on any atom is -0.338 e. The topological polar surface area (TPSA) is 6.48 Å². The van der Waals surface area contributed by atoms with Gasteiger partial charge in [-0.05, 0) is 219 Å². The van der Waals surface area contributed by atoms with Gasteiger partial charge in [0.25, 0.3) is 0 Å². The Balaban J connectivity index is 0.978. The van der Waals surface area contributed by atoms with Gasteiger partial charge in [0, 0.05) is 39.9 Å². The Morgan fingerprint density at radius 2 is 0.703 bits per heavy atom. The molecule has 0 radical (unpaired) electrons. The Morgan fingerprint density at radius 3 is 1.07 bits per heavy atom. The van der Waals surface area contributed by atoms with Gasteiger partial charge in [0.05, 0.1) is 0 Å². The first-order chi connectivity index (χ1) is 44.3. The molecule has 0 aliphatic rings. The second-order valence-corrected chi connectivity index (χ2v) is 26.4. The van der Waals surface area contributed by atoms with Crippen LogP contribution in [0.4, 0.5) is 28.4 Å². The van der Waals surface area contributed by atoms with E-state index in [2.05, 4.69) is 322 Å². The summed E-state index contributed by atoms with van der Waals surface area (Å²) in [4.78, 5) is 4.90. The molecule has 0 amide bonds. The molecule has 0 heterocycles. The van der Waals surface area contributed by atoms with Crippen molar-refractivity contribution in [2.45, 2.75) is 171 Å². The predicted octanol–water partition coefficient (Wildman–Crippen LogP) is 26.3. The molecule has 2 nitrogen and oxygen atoms in total. The van der Waals surface area contributed by atoms with E-state index in [1.54, 1.807) is 0 Å². The fourth-order valence-corrected chi connectivity index (χ4v) is 13.5. The van der Waals surface area contributed by atoms with Crippen molar-refractivity contribution in [3.63, 3.8) is 0 Å². The predicted molar refractivity (Wildman–Crippen MR) is 398 cm³/mol. The van der Waals surface area contributed by atoms with Crippen LogP contribution < -0.4 is 9.80 Å². The third-order valence-electron chi connectivity index (χ3n) is 20.3. The average Bonchev–Trinajstić information content (AvgIpc) is 1.06. The number of nitrogens with zero attached hydrogens (tertiary/aromatic N) is 2. The monoisotopic (exact) mass is 1200 g/mol. The van der Waals surface area contributed by atoms with Gasteiger partial charge in [-0.2, -0.15) is 0 Å². The van der Waals surface area contributed by atoms with Crippen LogP contribution in [0.5, 0.6) is 0 Å². The first-order valence-corrected chi connectivity index (χ1v) is 34.6. The lowest BCUT2D eigenvalue weighted by Crippen LogP contribution is -2.39. The number of benzene rings is 10. The summed E-state index contributed by atoms with van der Waals surface area (Å²) in [5, 5.41) is 0. The lowest BCUT2D eigenvalue weighted by molar-refractivity contribution is 0.390. The van der Waals surface area contributed by atoms with Crippen LogP contribution >= 0.6 is 0 Å². The van der Waals surface area contributed by atoms with E-state index in [0.29, 0.717) is 0 Å². The molecule has 0 fully saturated rings.